The molecule has 0 bridgehead atoms. The molecule has 2 amide bonds. The number of ether oxygens (including phenoxy) is 1. The predicted molar refractivity (Wildman–Crippen MR) is 70.4 cm³/mol. The first kappa shape index (κ1) is 13.6. The van der Waals surface area contributed by atoms with Gasteiger partial charge in [-0.05, 0) is 19.4 Å². The van der Waals surface area contributed by atoms with Gasteiger partial charge in [-0.25, -0.2) is 4.79 Å². The smallest absolute Gasteiger partial charge is 0.317 e. The number of amides is 2. The fourth-order valence-electron chi connectivity index (χ4n) is 3.37. The van der Waals surface area contributed by atoms with E-state index in [1.165, 1.54) is 6.42 Å². The number of hydrogen-bond acceptors (Lipinski definition) is 4. The van der Waals surface area contributed by atoms with Crippen molar-refractivity contribution in [2.45, 2.75) is 24.9 Å². The number of carbonyl (C=O) groups excluding carboxylic acids is 1. The number of fused-ring (bicyclic) bond motifs is 1. The van der Waals surface area contributed by atoms with Gasteiger partial charge in [-0.3, -0.25) is 9.69 Å². The molecule has 7 heteroatoms. The van der Waals surface area contributed by atoms with Crippen LogP contribution in [0, 0.1) is 5.92 Å². The normalized spacial score (nSPS) is 34.0. The molecule has 112 valence electrons. The first-order valence-electron chi connectivity index (χ1n) is 7.25. The van der Waals surface area contributed by atoms with E-state index in [4.69, 9.17) is 9.84 Å². The molecule has 0 saturated carbocycles. The van der Waals surface area contributed by atoms with Crippen LogP contribution in [0.5, 0.6) is 0 Å². The lowest BCUT2D eigenvalue weighted by Crippen LogP contribution is -2.57. The van der Waals surface area contributed by atoms with Gasteiger partial charge in [0.1, 0.15) is 5.92 Å². The average Bonchev–Trinajstić information content (AvgIpc) is 3.05. The lowest BCUT2D eigenvalue weighted by atomic mass is 10.0. The Hall–Kier alpha value is -1.34. The predicted octanol–water partition coefficient (Wildman–Crippen LogP) is -0.424. The van der Waals surface area contributed by atoms with Gasteiger partial charge in [0.2, 0.25) is 0 Å². The second kappa shape index (κ2) is 5.57. The maximum atomic E-state index is 12.3. The molecule has 7 nitrogen and oxygen atoms in total. The average molecular weight is 283 g/mol. The van der Waals surface area contributed by atoms with E-state index < -0.39 is 17.9 Å². The van der Waals surface area contributed by atoms with E-state index in [0.717, 1.165) is 26.1 Å². The lowest BCUT2D eigenvalue weighted by Gasteiger charge is -2.38. The quantitative estimate of drug-likeness (QED) is 0.719. The Morgan fingerprint density at radius 3 is 2.85 bits per heavy atom. The van der Waals surface area contributed by atoms with E-state index in [1.54, 1.807) is 0 Å². The Balaban J connectivity index is 1.55. The molecule has 0 aliphatic carbocycles. The molecule has 3 atom stereocenters. The summed E-state index contributed by atoms with van der Waals surface area (Å²) in [6.45, 7) is 3.98. The fraction of sp³-hybridized carbons (Fsp3) is 0.846. The summed E-state index contributed by atoms with van der Waals surface area (Å²) in [4.78, 5) is 27.6. The molecular formula is C13H21N3O4. The number of urea groups is 1. The molecule has 3 heterocycles. The summed E-state index contributed by atoms with van der Waals surface area (Å²) >= 11 is 0. The van der Waals surface area contributed by atoms with Gasteiger partial charge in [0, 0.05) is 25.7 Å². The number of carboxylic acids is 1. The van der Waals surface area contributed by atoms with Crippen LogP contribution in [0.15, 0.2) is 0 Å². The van der Waals surface area contributed by atoms with Crippen LogP contribution in [0.4, 0.5) is 4.79 Å². The highest BCUT2D eigenvalue weighted by Crippen LogP contribution is 2.22. The molecule has 20 heavy (non-hydrogen) atoms. The van der Waals surface area contributed by atoms with Crippen LogP contribution in [0.2, 0.25) is 0 Å². The first-order chi connectivity index (χ1) is 9.65. The number of hydrogen-bond donors (Lipinski definition) is 2. The zero-order chi connectivity index (χ0) is 14.1. The van der Waals surface area contributed by atoms with E-state index >= 15 is 0 Å². The standard InChI is InChI=1S/C13H21N3O4/c17-12(18)10-7-20-8-11(10)14-13(19)16-5-4-15-3-1-2-9(15)6-16/h9-11H,1-8H2,(H,14,19)(H,17,18). The molecule has 3 fully saturated rings. The topological polar surface area (TPSA) is 82.1 Å². The van der Waals surface area contributed by atoms with E-state index in [2.05, 4.69) is 10.2 Å². The van der Waals surface area contributed by atoms with Gasteiger partial charge in [0.25, 0.3) is 0 Å². The highest BCUT2D eigenvalue weighted by atomic mass is 16.5. The number of aliphatic carboxylic acids is 1. The summed E-state index contributed by atoms with van der Waals surface area (Å²) in [6.07, 6.45) is 2.35. The molecule has 0 aromatic heterocycles. The molecule has 2 N–H and O–H groups in total. The van der Waals surface area contributed by atoms with Crippen LogP contribution in [-0.2, 0) is 9.53 Å². The van der Waals surface area contributed by atoms with Gasteiger partial charge < -0.3 is 20.1 Å². The van der Waals surface area contributed by atoms with Crippen molar-refractivity contribution in [1.82, 2.24) is 15.1 Å². The Bertz CT molecular complexity index is 403. The van der Waals surface area contributed by atoms with E-state index in [-0.39, 0.29) is 19.2 Å². The number of carbonyl (C=O) groups is 2. The largest absolute Gasteiger partial charge is 0.481 e. The minimum Gasteiger partial charge on any atom is -0.481 e. The molecule has 3 saturated heterocycles. The number of nitrogens with zero attached hydrogens (tertiary/aromatic N) is 2. The lowest BCUT2D eigenvalue weighted by molar-refractivity contribution is -0.142. The van der Waals surface area contributed by atoms with Crippen LogP contribution in [0.3, 0.4) is 0 Å². The minimum absolute atomic E-state index is 0.154. The van der Waals surface area contributed by atoms with Gasteiger partial charge in [0.05, 0.1) is 19.3 Å². The third-order valence-corrected chi connectivity index (χ3v) is 4.58. The maximum absolute atomic E-state index is 12.3. The summed E-state index contributed by atoms with van der Waals surface area (Å²) in [6, 6.07) is -0.0930. The van der Waals surface area contributed by atoms with E-state index in [0.29, 0.717) is 12.6 Å². The van der Waals surface area contributed by atoms with Crippen LogP contribution in [0.25, 0.3) is 0 Å². The SMILES string of the molecule is O=C(O)C1COCC1NC(=O)N1CCN2CCCC2C1. The monoisotopic (exact) mass is 283 g/mol. The number of rotatable bonds is 2. The Labute approximate surface area is 117 Å². The zero-order valence-corrected chi connectivity index (χ0v) is 11.5. The van der Waals surface area contributed by atoms with Crippen molar-refractivity contribution in [2.75, 3.05) is 39.4 Å². The molecule has 3 unspecified atom stereocenters. The van der Waals surface area contributed by atoms with E-state index in [9.17, 15) is 9.59 Å². The fourth-order valence-corrected chi connectivity index (χ4v) is 3.37. The van der Waals surface area contributed by atoms with Crippen molar-refractivity contribution in [2.24, 2.45) is 5.92 Å². The highest BCUT2D eigenvalue weighted by molar-refractivity contribution is 5.77. The molecule has 0 aromatic rings. The Morgan fingerprint density at radius 1 is 1.20 bits per heavy atom. The van der Waals surface area contributed by atoms with Crippen molar-refractivity contribution >= 4 is 12.0 Å². The van der Waals surface area contributed by atoms with Crippen molar-refractivity contribution < 1.29 is 19.4 Å². The zero-order valence-electron chi connectivity index (χ0n) is 11.5. The summed E-state index contributed by atoms with van der Waals surface area (Å²) in [7, 11) is 0. The maximum Gasteiger partial charge on any atom is 0.317 e. The van der Waals surface area contributed by atoms with Crippen molar-refractivity contribution in [1.29, 1.82) is 0 Å². The second-order valence-corrected chi connectivity index (χ2v) is 5.82. The van der Waals surface area contributed by atoms with Gasteiger partial charge in [-0.1, -0.05) is 0 Å². The number of piperazine rings is 1. The molecular weight excluding hydrogens is 262 g/mol. The highest BCUT2D eigenvalue weighted by Gasteiger charge is 2.37. The number of carboxylic acid groups (broad SMARTS) is 1. The second-order valence-electron chi connectivity index (χ2n) is 5.82. The van der Waals surface area contributed by atoms with Crippen molar-refractivity contribution in [3.8, 4) is 0 Å². The first-order valence-corrected chi connectivity index (χ1v) is 7.25. The van der Waals surface area contributed by atoms with Crippen molar-refractivity contribution in [3.05, 3.63) is 0 Å². The molecule has 0 spiro atoms. The molecule has 3 aliphatic rings. The minimum atomic E-state index is -0.909. The number of nitrogens with one attached hydrogen (secondary N) is 1. The van der Waals surface area contributed by atoms with Crippen LogP contribution < -0.4 is 5.32 Å². The van der Waals surface area contributed by atoms with Gasteiger partial charge >= 0.3 is 12.0 Å². The summed E-state index contributed by atoms with van der Waals surface area (Å²) in [5.41, 5.74) is 0. The Kier molecular flexibility index (Phi) is 3.80. The van der Waals surface area contributed by atoms with Crippen molar-refractivity contribution in [3.63, 3.8) is 0 Å². The van der Waals surface area contributed by atoms with Crippen LogP contribution >= 0.6 is 0 Å². The molecule has 0 radical (unpaired) electrons. The molecule has 3 aliphatic heterocycles. The van der Waals surface area contributed by atoms with Gasteiger partial charge in [-0.15, -0.1) is 0 Å². The molecule has 3 rings (SSSR count). The van der Waals surface area contributed by atoms with Gasteiger partial charge in [0.15, 0.2) is 0 Å². The summed E-state index contributed by atoms with van der Waals surface area (Å²) in [5, 5.41) is 11.9. The van der Waals surface area contributed by atoms with Gasteiger partial charge in [-0.2, -0.15) is 0 Å². The third kappa shape index (κ3) is 2.60. The summed E-state index contributed by atoms with van der Waals surface area (Å²) in [5.74, 6) is -1.54. The van der Waals surface area contributed by atoms with Crippen LogP contribution in [-0.4, -0.2) is 78.4 Å². The summed E-state index contributed by atoms with van der Waals surface area (Å²) < 4.78 is 5.17. The third-order valence-electron chi connectivity index (χ3n) is 4.58. The molecule has 0 aromatic carbocycles. The Morgan fingerprint density at radius 2 is 2.05 bits per heavy atom. The van der Waals surface area contributed by atoms with E-state index in [1.807, 2.05) is 4.90 Å². The van der Waals surface area contributed by atoms with Crippen LogP contribution in [0.1, 0.15) is 12.8 Å².